The second-order valence-corrected chi connectivity index (χ2v) is 11.3. The minimum Gasteiger partial charge on any atom is -0.0654 e. The quantitative estimate of drug-likeness (QED) is 0.320. The summed E-state index contributed by atoms with van der Waals surface area (Å²) in [4.78, 5) is 0. The van der Waals surface area contributed by atoms with Gasteiger partial charge in [-0.25, -0.2) is 0 Å². The van der Waals surface area contributed by atoms with E-state index in [4.69, 9.17) is 0 Å². The number of benzene rings is 2. The monoisotopic (exact) mass is 444 g/mol. The number of hydrogen-bond acceptors (Lipinski definition) is 0. The van der Waals surface area contributed by atoms with Crippen LogP contribution in [0, 0.1) is 11.8 Å². The maximum atomic E-state index is 2.42. The number of unbranched alkanes of at least 4 members (excludes halogenated alkanes) is 3. The SMILES string of the molecule is CCCCC[C@H]1CC[C@H](c2ccc(-c3ccc([C@H]4CC[C@H](CCCC)CC4)cc3)cc2)CC1. The van der Waals surface area contributed by atoms with Gasteiger partial charge in [0.15, 0.2) is 0 Å². The summed E-state index contributed by atoms with van der Waals surface area (Å²) in [7, 11) is 0. The van der Waals surface area contributed by atoms with Gasteiger partial charge in [-0.2, -0.15) is 0 Å². The van der Waals surface area contributed by atoms with E-state index in [1.54, 1.807) is 11.1 Å². The fourth-order valence-corrected chi connectivity index (χ4v) is 6.64. The molecule has 2 saturated carbocycles. The summed E-state index contributed by atoms with van der Waals surface area (Å²) in [5.74, 6) is 3.57. The van der Waals surface area contributed by atoms with Gasteiger partial charge in [0.1, 0.15) is 0 Å². The van der Waals surface area contributed by atoms with Crippen LogP contribution in [0.2, 0.25) is 0 Å². The molecule has 2 aliphatic carbocycles. The highest BCUT2D eigenvalue weighted by atomic mass is 14.3. The van der Waals surface area contributed by atoms with Crippen molar-refractivity contribution >= 4 is 0 Å². The molecule has 0 radical (unpaired) electrons. The van der Waals surface area contributed by atoms with Gasteiger partial charge in [-0.1, -0.05) is 107 Å². The van der Waals surface area contributed by atoms with E-state index in [1.807, 2.05) is 0 Å². The standard InChI is InChI=1S/C33H48/c1-3-5-7-9-27-12-16-29(17-13-27)31-20-24-33(25-21-31)32-22-18-30(19-23-32)28-14-10-26(11-15-28)8-6-4-2/h18-29H,3-17H2,1-2H3/t26-,27-,28-,29-. The van der Waals surface area contributed by atoms with Crippen LogP contribution in [-0.4, -0.2) is 0 Å². The first-order chi connectivity index (χ1) is 16.3. The Bertz CT molecular complexity index is 783. The van der Waals surface area contributed by atoms with Gasteiger partial charge in [0.2, 0.25) is 0 Å². The fourth-order valence-electron chi connectivity index (χ4n) is 6.64. The molecule has 0 unspecified atom stereocenters. The molecule has 0 bridgehead atoms. The summed E-state index contributed by atoms with van der Waals surface area (Å²) in [6.45, 7) is 4.64. The minimum absolute atomic E-state index is 0.788. The minimum atomic E-state index is 0.788. The van der Waals surface area contributed by atoms with Crippen LogP contribution in [0.25, 0.3) is 11.1 Å². The van der Waals surface area contributed by atoms with Crippen LogP contribution in [0.1, 0.15) is 133 Å². The third-order valence-corrected chi connectivity index (χ3v) is 8.97. The molecule has 2 aromatic rings. The molecule has 0 aliphatic heterocycles. The van der Waals surface area contributed by atoms with E-state index in [2.05, 4.69) is 62.4 Å². The molecule has 4 rings (SSSR count). The molecular weight excluding hydrogens is 396 g/mol. The lowest BCUT2D eigenvalue weighted by Crippen LogP contribution is -2.13. The average Bonchev–Trinajstić information content (AvgIpc) is 2.89. The summed E-state index contributed by atoms with van der Waals surface area (Å²) >= 11 is 0. The molecule has 2 aromatic carbocycles. The van der Waals surface area contributed by atoms with Gasteiger partial charge in [-0.15, -0.1) is 0 Å². The van der Waals surface area contributed by atoms with Crippen LogP contribution in [0.4, 0.5) is 0 Å². The molecule has 0 atom stereocenters. The number of rotatable bonds is 10. The van der Waals surface area contributed by atoms with Crippen LogP contribution in [0.15, 0.2) is 48.5 Å². The maximum absolute atomic E-state index is 2.42. The van der Waals surface area contributed by atoms with E-state index in [1.165, 1.54) is 107 Å². The molecule has 33 heavy (non-hydrogen) atoms. The fraction of sp³-hybridized carbons (Fsp3) is 0.636. The molecule has 0 N–H and O–H groups in total. The van der Waals surface area contributed by atoms with E-state index in [9.17, 15) is 0 Å². The Kier molecular flexibility index (Phi) is 9.51. The lowest BCUT2D eigenvalue weighted by atomic mass is 9.76. The normalized spacial score (nSPS) is 25.8. The molecule has 0 heteroatoms. The Morgan fingerprint density at radius 3 is 1.27 bits per heavy atom. The van der Waals surface area contributed by atoms with Crippen LogP contribution in [0.3, 0.4) is 0 Å². The molecule has 180 valence electrons. The van der Waals surface area contributed by atoms with Crippen LogP contribution >= 0.6 is 0 Å². The zero-order chi connectivity index (χ0) is 22.9. The van der Waals surface area contributed by atoms with Crippen molar-refractivity contribution < 1.29 is 0 Å². The zero-order valence-corrected chi connectivity index (χ0v) is 21.5. The molecule has 0 heterocycles. The molecule has 0 spiro atoms. The van der Waals surface area contributed by atoms with Gasteiger partial charge in [0, 0.05) is 0 Å². The van der Waals surface area contributed by atoms with Crippen molar-refractivity contribution in [3.8, 4) is 11.1 Å². The van der Waals surface area contributed by atoms with E-state index in [0.29, 0.717) is 0 Å². The lowest BCUT2D eigenvalue weighted by Gasteiger charge is -2.29. The van der Waals surface area contributed by atoms with Gasteiger partial charge < -0.3 is 0 Å². The Balaban J connectivity index is 1.27. The van der Waals surface area contributed by atoms with Crippen molar-refractivity contribution in [1.82, 2.24) is 0 Å². The first-order valence-electron chi connectivity index (χ1n) is 14.5. The summed E-state index contributed by atoms with van der Waals surface area (Å²) in [6, 6.07) is 19.2. The van der Waals surface area contributed by atoms with Gasteiger partial charge in [0.05, 0.1) is 0 Å². The molecule has 2 fully saturated rings. The Labute approximate surface area is 204 Å². The third-order valence-electron chi connectivity index (χ3n) is 8.97. The molecule has 0 amide bonds. The van der Waals surface area contributed by atoms with E-state index in [-0.39, 0.29) is 0 Å². The second kappa shape index (κ2) is 12.8. The van der Waals surface area contributed by atoms with Crippen LogP contribution < -0.4 is 0 Å². The van der Waals surface area contributed by atoms with Gasteiger partial charge in [-0.3, -0.25) is 0 Å². The lowest BCUT2D eigenvalue weighted by molar-refractivity contribution is 0.303. The first-order valence-corrected chi connectivity index (χ1v) is 14.5. The summed E-state index contributed by atoms with van der Waals surface area (Å²) in [5, 5.41) is 0. The molecule has 0 saturated heterocycles. The summed E-state index contributed by atoms with van der Waals surface area (Å²) in [6.07, 6.45) is 21.2. The topological polar surface area (TPSA) is 0 Å². The predicted molar refractivity (Wildman–Crippen MR) is 145 cm³/mol. The van der Waals surface area contributed by atoms with Crippen molar-refractivity contribution in [2.75, 3.05) is 0 Å². The van der Waals surface area contributed by atoms with E-state index >= 15 is 0 Å². The van der Waals surface area contributed by atoms with Crippen molar-refractivity contribution in [2.45, 2.75) is 122 Å². The van der Waals surface area contributed by atoms with Gasteiger partial charge in [0.25, 0.3) is 0 Å². The highest BCUT2D eigenvalue weighted by Crippen LogP contribution is 2.40. The molecule has 0 aromatic heterocycles. The van der Waals surface area contributed by atoms with Crippen molar-refractivity contribution in [3.63, 3.8) is 0 Å². The third kappa shape index (κ3) is 6.97. The van der Waals surface area contributed by atoms with Gasteiger partial charge >= 0.3 is 0 Å². The van der Waals surface area contributed by atoms with Crippen molar-refractivity contribution in [1.29, 1.82) is 0 Å². The summed E-state index contributed by atoms with van der Waals surface area (Å²) in [5.41, 5.74) is 5.89. The summed E-state index contributed by atoms with van der Waals surface area (Å²) < 4.78 is 0. The maximum Gasteiger partial charge on any atom is -0.0162 e. The molecular formula is C33H48. The van der Waals surface area contributed by atoms with Crippen molar-refractivity contribution in [2.24, 2.45) is 11.8 Å². The Morgan fingerprint density at radius 1 is 0.485 bits per heavy atom. The van der Waals surface area contributed by atoms with Crippen LogP contribution in [-0.2, 0) is 0 Å². The van der Waals surface area contributed by atoms with E-state index < -0.39 is 0 Å². The molecule has 2 aliphatic rings. The highest BCUT2D eigenvalue weighted by Gasteiger charge is 2.23. The highest BCUT2D eigenvalue weighted by molar-refractivity contribution is 5.64. The van der Waals surface area contributed by atoms with Gasteiger partial charge in [-0.05, 0) is 97.3 Å². The predicted octanol–water partition coefficient (Wildman–Crippen LogP) is 10.7. The average molecular weight is 445 g/mol. The van der Waals surface area contributed by atoms with Crippen LogP contribution in [0.5, 0.6) is 0 Å². The Morgan fingerprint density at radius 2 is 0.879 bits per heavy atom. The van der Waals surface area contributed by atoms with E-state index in [0.717, 1.165) is 23.7 Å². The first kappa shape index (κ1) is 24.6. The van der Waals surface area contributed by atoms with Crippen molar-refractivity contribution in [3.05, 3.63) is 59.7 Å². The Hall–Kier alpha value is -1.56. The number of hydrogen-bond donors (Lipinski definition) is 0. The largest absolute Gasteiger partial charge is 0.0654 e. The molecule has 0 nitrogen and oxygen atoms in total. The zero-order valence-electron chi connectivity index (χ0n) is 21.5. The smallest absolute Gasteiger partial charge is 0.0162 e. The second-order valence-electron chi connectivity index (χ2n) is 11.3.